The van der Waals surface area contributed by atoms with Crippen LogP contribution in [0.1, 0.15) is 30.4 Å². The summed E-state index contributed by atoms with van der Waals surface area (Å²) in [6, 6.07) is 16.8. The van der Waals surface area contributed by atoms with Gasteiger partial charge >= 0.3 is 0 Å². The lowest BCUT2D eigenvalue weighted by Crippen LogP contribution is -2.51. The molecular weight excluding hydrogens is 412 g/mol. The zero-order valence-corrected chi connectivity index (χ0v) is 19.0. The number of hydrogen-bond acceptors (Lipinski definition) is 4. The van der Waals surface area contributed by atoms with Crippen molar-refractivity contribution in [3.05, 3.63) is 78.5 Å². The van der Waals surface area contributed by atoms with Crippen molar-refractivity contribution in [1.82, 2.24) is 29.5 Å². The molecule has 1 atom stereocenters. The number of fused-ring (bicyclic) bond motifs is 1. The fourth-order valence-electron chi connectivity index (χ4n) is 4.72. The largest absolute Gasteiger partial charge is 0.361 e. The van der Waals surface area contributed by atoms with Crippen molar-refractivity contribution in [2.45, 2.75) is 25.7 Å². The minimum absolute atomic E-state index is 0.245. The first-order chi connectivity index (χ1) is 16.2. The number of H-pyrrole nitrogens is 1. The molecule has 1 aliphatic rings. The maximum Gasteiger partial charge on any atom is 0.236 e. The van der Waals surface area contributed by atoms with Crippen molar-refractivity contribution in [2.75, 3.05) is 32.7 Å². The summed E-state index contributed by atoms with van der Waals surface area (Å²) in [5.41, 5.74) is 4.79. The van der Waals surface area contributed by atoms with E-state index in [-0.39, 0.29) is 5.91 Å². The smallest absolute Gasteiger partial charge is 0.236 e. The Morgan fingerprint density at radius 2 is 1.88 bits per heavy atom. The summed E-state index contributed by atoms with van der Waals surface area (Å²) >= 11 is 0. The number of nitrogens with zero attached hydrogens (tertiary/aromatic N) is 5. The monoisotopic (exact) mass is 442 g/mol. The fourth-order valence-corrected chi connectivity index (χ4v) is 4.72. The predicted octanol–water partition coefficient (Wildman–Crippen LogP) is 3.63. The summed E-state index contributed by atoms with van der Waals surface area (Å²) < 4.78 is 1.92. The minimum atomic E-state index is 0.245. The normalized spacial score (nSPS) is 15.9. The van der Waals surface area contributed by atoms with E-state index in [0.29, 0.717) is 12.5 Å². The van der Waals surface area contributed by atoms with E-state index >= 15 is 0 Å². The van der Waals surface area contributed by atoms with Crippen LogP contribution < -0.4 is 0 Å². The van der Waals surface area contributed by atoms with Gasteiger partial charge in [-0.1, -0.05) is 37.3 Å². The third-order valence-electron chi connectivity index (χ3n) is 6.65. The Morgan fingerprint density at radius 1 is 1.06 bits per heavy atom. The number of hydrogen-bond donors (Lipinski definition) is 1. The number of aromatic amines is 1. The summed E-state index contributed by atoms with van der Waals surface area (Å²) in [6.45, 7) is 6.20. The molecule has 7 nitrogen and oxygen atoms in total. The number of benzene rings is 2. The van der Waals surface area contributed by atoms with Gasteiger partial charge in [-0.05, 0) is 54.6 Å². The molecule has 2 aromatic carbocycles. The standard InChI is InChI=1S/C26H30N6O/c1-20(21-6-3-2-4-7-21)16-31-13-12-30(17-26(31)33)11-5-8-22-15-27-25-10-9-23(14-24(22)25)32-18-28-29-19-32/h2-4,6-7,9-10,14-15,18-20,27H,5,8,11-13,16-17H2,1H3. The number of piperazine rings is 1. The van der Waals surface area contributed by atoms with Crippen LogP contribution in [0.5, 0.6) is 0 Å². The Balaban J connectivity index is 1.14. The molecule has 0 spiro atoms. The highest BCUT2D eigenvalue weighted by Gasteiger charge is 2.25. The molecule has 5 rings (SSSR count). The van der Waals surface area contributed by atoms with Crippen LogP contribution in [0, 0.1) is 0 Å². The second-order valence-corrected chi connectivity index (χ2v) is 8.94. The molecule has 2 aromatic heterocycles. The van der Waals surface area contributed by atoms with Crippen LogP contribution in [0.25, 0.3) is 16.6 Å². The number of amides is 1. The molecule has 1 fully saturated rings. The summed E-state index contributed by atoms with van der Waals surface area (Å²) in [7, 11) is 0. The first kappa shape index (κ1) is 21.4. The molecule has 1 unspecified atom stereocenters. The van der Waals surface area contributed by atoms with E-state index in [1.165, 1.54) is 16.5 Å². The summed E-state index contributed by atoms with van der Waals surface area (Å²) in [5.74, 6) is 0.598. The lowest BCUT2D eigenvalue weighted by atomic mass is 10.0. The lowest BCUT2D eigenvalue weighted by molar-refractivity contribution is -0.136. The molecule has 1 amide bonds. The fraction of sp³-hybridized carbons (Fsp3) is 0.346. The van der Waals surface area contributed by atoms with Crippen LogP contribution in [0.15, 0.2) is 67.4 Å². The van der Waals surface area contributed by atoms with Gasteiger partial charge < -0.3 is 9.88 Å². The Labute approximate surface area is 194 Å². The van der Waals surface area contributed by atoms with Crippen LogP contribution >= 0.6 is 0 Å². The van der Waals surface area contributed by atoms with E-state index < -0.39 is 0 Å². The number of rotatable bonds is 8. The minimum Gasteiger partial charge on any atom is -0.361 e. The van der Waals surface area contributed by atoms with Gasteiger partial charge in [0, 0.05) is 42.4 Å². The first-order valence-corrected chi connectivity index (χ1v) is 11.7. The third-order valence-corrected chi connectivity index (χ3v) is 6.65. The number of nitrogens with one attached hydrogen (secondary N) is 1. The Hall–Kier alpha value is -3.45. The van der Waals surface area contributed by atoms with Crippen LogP contribution in [0.3, 0.4) is 0 Å². The highest BCUT2D eigenvalue weighted by molar-refractivity contribution is 5.85. The molecular formula is C26H30N6O. The Bertz CT molecular complexity index is 1200. The highest BCUT2D eigenvalue weighted by Crippen LogP contribution is 2.23. The van der Waals surface area contributed by atoms with Gasteiger partial charge in [-0.3, -0.25) is 14.3 Å². The maximum atomic E-state index is 12.8. The molecule has 3 heterocycles. The number of aryl methyl sites for hydroxylation is 1. The van der Waals surface area contributed by atoms with E-state index in [1.807, 2.05) is 15.5 Å². The predicted molar refractivity (Wildman–Crippen MR) is 129 cm³/mol. The van der Waals surface area contributed by atoms with E-state index in [2.05, 4.69) is 75.7 Å². The third kappa shape index (κ3) is 4.83. The molecule has 1 N–H and O–H groups in total. The second-order valence-electron chi connectivity index (χ2n) is 8.94. The van der Waals surface area contributed by atoms with Crippen LogP contribution in [0.2, 0.25) is 0 Å². The van der Waals surface area contributed by atoms with Gasteiger partial charge in [0.15, 0.2) is 0 Å². The number of aromatic nitrogens is 4. The van der Waals surface area contributed by atoms with E-state index in [9.17, 15) is 4.79 Å². The summed E-state index contributed by atoms with van der Waals surface area (Å²) in [4.78, 5) is 20.5. The molecule has 0 aliphatic carbocycles. The molecule has 0 saturated carbocycles. The topological polar surface area (TPSA) is 70.1 Å². The zero-order chi connectivity index (χ0) is 22.6. The lowest BCUT2D eigenvalue weighted by Gasteiger charge is -2.35. The van der Waals surface area contributed by atoms with Gasteiger partial charge in [-0.2, -0.15) is 0 Å². The van der Waals surface area contributed by atoms with Gasteiger partial charge in [0.25, 0.3) is 0 Å². The molecule has 33 heavy (non-hydrogen) atoms. The van der Waals surface area contributed by atoms with E-state index in [0.717, 1.165) is 50.2 Å². The van der Waals surface area contributed by atoms with Crippen LogP contribution in [-0.2, 0) is 11.2 Å². The van der Waals surface area contributed by atoms with Crippen molar-refractivity contribution >= 4 is 16.8 Å². The number of carbonyl (C=O) groups is 1. The average molecular weight is 443 g/mol. The summed E-state index contributed by atoms with van der Waals surface area (Å²) in [6.07, 6.45) is 7.53. The average Bonchev–Trinajstić information content (AvgIpc) is 3.51. The maximum absolute atomic E-state index is 12.8. The summed E-state index contributed by atoms with van der Waals surface area (Å²) in [5, 5.41) is 9.04. The molecule has 7 heteroatoms. The molecule has 170 valence electrons. The molecule has 0 bridgehead atoms. The van der Waals surface area contributed by atoms with Crippen LogP contribution in [-0.4, -0.2) is 68.2 Å². The van der Waals surface area contributed by atoms with Gasteiger partial charge in [0.2, 0.25) is 5.91 Å². The first-order valence-electron chi connectivity index (χ1n) is 11.7. The quantitative estimate of drug-likeness (QED) is 0.452. The molecule has 1 saturated heterocycles. The van der Waals surface area contributed by atoms with Gasteiger partial charge in [-0.15, -0.1) is 10.2 Å². The zero-order valence-electron chi connectivity index (χ0n) is 19.0. The van der Waals surface area contributed by atoms with Gasteiger partial charge in [0.05, 0.1) is 6.54 Å². The van der Waals surface area contributed by atoms with Crippen molar-refractivity contribution in [3.8, 4) is 5.69 Å². The SMILES string of the molecule is CC(CN1CCN(CCCc2c[nH]c3ccc(-n4cnnc4)cc23)CC1=O)c1ccccc1. The van der Waals surface area contributed by atoms with E-state index in [1.54, 1.807) is 12.7 Å². The molecule has 0 radical (unpaired) electrons. The Morgan fingerprint density at radius 3 is 2.67 bits per heavy atom. The van der Waals surface area contributed by atoms with Crippen molar-refractivity contribution in [1.29, 1.82) is 0 Å². The van der Waals surface area contributed by atoms with Gasteiger partial charge in [0.1, 0.15) is 12.7 Å². The molecule has 4 aromatic rings. The Kier molecular flexibility index (Phi) is 6.21. The van der Waals surface area contributed by atoms with Crippen LogP contribution in [0.4, 0.5) is 0 Å². The molecule has 1 aliphatic heterocycles. The van der Waals surface area contributed by atoms with Crippen molar-refractivity contribution < 1.29 is 4.79 Å². The highest BCUT2D eigenvalue weighted by atomic mass is 16.2. The van der Waals surface area contributed by atoms with Crippen molar-refractivity contribution in [3.63, 3.8) is 0 Å². The van der Waals surface area contributed by atoms with Crippen molar-refractivity contribution in [2.24, 2.45) is 0 Å². The number of carbonyl (C=O) groups excluding carboxylic acids is 1. The second kappa shape index (κ2) is 9.58. The van der Waals surface area contributed by atoms with E-state index in [4.69, 9.17) is 0 Å². The van der Waals surface area contributed by atoms with Gasteiger partial charge in [-0.25, -0.2) is 0 Å².